The van der Waals surface area contributed by atoms with Crippen LogP contribution < -0.4 is 10.1 Å². The van der Waals surface area contributed by atoms with E-state index in [9.17, 15) is 0 Å². The maximum atomic E-state index is 6.26. The van der Waals surface area contributed by atoms with E-state index in [1.54, 1.807) is 7.11 Å². The number of halogens is 1. The van der Waals surface area contributed by atoms with Crippen LogP contribution in [0.15, 0.2) is 42.6 Å². The number of nitrogens with zero attached hydrogens (tertiary/aromatic N) is 2. The Morgan fingerprint density at radius 1 is 1.26 bits per heavy atom. The lowest BCUT2D eigenvalue weighted by Crippen LogP contribution is -2.45. The first-order valence-electron chi connectivity index (χ1n) is 7.96. The molecule has 1 aromatic carbocycles. The van der Waals surface area contributed by atoms with Crippen molar-refractivity contribution in [2.75, 3.05) is 33.3 Å². The number of aromatic nitrogens is 1. The molecule has 1 saturated heterocycles. The fourth-order valence-corrected chi connectivity index (χ4v) is 3.29. The van der Waals surface area contributed by atoms with Crippen LogP contribution >= 0.6 is 11.6 Å². The molecule has 0 spiro atoms. The molecule has 0 radical (unpaired) electrons. The first-order chi connectivity index (χ1) is 11.3. The Bertz CT molecular complexity index is 629. The minimum atomic E-state index is 0.209. The molecule has 0 bridgehead atoms. The van der Waals surface area contributed by atoms with E-state index in [4.69, 9.17) is 16.3 Å². The van der Waals surface area contributed by atoms with Crippen molar-refractivity contribution in [3.63, 3.8) is 0 Å². The summed E-state index contributed by atoms with van der Waals surface area (Å²) in [7, 11) is 1.71. The molecule has 0 saturated carbocycles. The lowest BCUT2D eigenvalue weighted by atomic mass is 9.98. The van der Waals surface area contributed by atoms with Crippen molar-refractivity contribution in [3.8, 4) is 5.75 Å². The number of rotatable bonds is 5. The Morgan fingerprint density at radius 2 is 2.09 bits per heavy atom. The first-order valence-corrected chi connectivity index (χ1v) is 8.34. The van der Waals surface area contributed by atoms with E-state index >= 15 is 0 Å². The van der Waals surface area contributed by atoms with E-state index in [1.165, 1.54) is 0 Å². The van der Waals surface area contributed by atoms with E-state index in [1.807, 2.05) is 36.5 Å². The minimum absolute atomic E-state index is 0.209. The van der Waals surface area contributed by atoms with Gasteiger partial charge in [0.1, 0.15) is 5.75 Å². The second kappa shape index (κ2) is 7.77. The van der Waals surface area contributed by atoms with E-state index in [-0.39, 0.29) is 6.04 Å². The summed E-state index contributed by atoms with van der Waals surface area (Å²) in [5.41, 5.74) is 2.21. The van der Waals surface area contributed by atoms with Gasteiger partial charge in [0.2, 0.25) is 0 Å². The highest BCUT2D eigenvalue weighted by molar-refractivity contribution is 6.30. The summed E-state index contributed by atoms with van der Waals surface area (Å²) in [6, 6.07) is 12.1. The van der Waals surface area contributed by atoms with Gasteiger partial charge in [0, 0.05) is 61.1 Å². The van der Waals surface area contributed by atoms with E-state index < -0.39 is 0 Å². The molecule has 2 aromatic rings. The summed E-state index contributed by atoms with van der Waals surface area (Å²) < 4.78 is 5.59. The van der Waals surface area contributed by atoms with Gasteiger partial charge in [-0.1, -0.05) is 17.7 Å². The molecule has 1 aromatic heterocycles. The molecular formula is C18H22ClN3O. The number of hydrogen-bond acceptors (Lipinski definition) is 4. The van der Waals surface area contributed by atoms with Crippen molar-refractivity contribution in [2.45, 2.75) is 12.5 Å². The summed E-state index contributed by atoms with van der Waals surface area (Å²) in [5.74, 6) is 0.883. The van der Waals surface area contributed by atoms with Gasteiger partial charge in [0.05, 0.1) is 7.11 Å². The summed E-state index contributed by atoms with van der Waals surface area (Å²) in [5, 5.41) is 4.15. The molecule has 1 aliphatic heterocycles. The van der Waals surface area contributed by atoms with Gasteiger partial charge < -0.3 is 10.1 Å². The Balaban J connectivity index is 1.95. The van der Waals surface area contributed by atoms with Crippen molar-refractivity contribution in [1.82, 2.24) is 15.2 Å². The molecule has 122 valence electrons. The summed E-state index contributed by atoms with van der Waals surface area (Å²) in [6.07, 6.45) is 2.69. The number of ether oxygens (including phenoxy) is 1. The molecule has 1 N–H and O–H groups in total. The molecule has 5 heteroatoms. The van der Waals surface area contributed by atoms with Crippen molar-refractivity contribution in [3.05, 3.63) is 58.9 Å². The predicted molar refractivity (Wildman–Crippen MR) is 93.1 cm³/mol. The monoisotopic (exact) mass is 331 g/mol. The molecule has 1 fully saturated rings. The van der Waals surface area contributed by atoms with Gasteiger partial charge in [-0.25, -0.2) is 0 Å². The number of pyridine rings is 1. The van der Waals surface area contributed by atoms with E-state index in [0.29, 0.717) is 0 Å². The van der Waals surface area contributed by atoms with Crippen LogP contribution in [-0.2, 0) is 6.42 Å². The average molecular weight is 332 g/mol. The zero-order valence-electron chi connectivity index (χ0n) is 13.3. The second-order valence-corrected chi connectivity index (χ2v) is 6.15. The largest absolute Gasteiger partial charge is 0.496 e. The summed E-state index contributed by atoms with van der Waals surface area (Å²) in [4.78, 5) is 6.99. The Hall–Kier alpha value is -1.62. The highest BCUT2D eigenvalue weighted by atomic mass is 35.5. The molecule has 1 atom stereocenters. The third-order valence-corrected chi connectivity index (χ3v) is 4.51. The molecular weight excluding hydrogens is 310 g/mol. The predicted octanol–water partition coefficient (Wildman–Crippen LogP) is 2.93. The topological polar surface area (TPSA) is 37.4 Å². The maximum absolute atomic E-state index is 6.26. The number of benzene rings is 1. The number of hydrogen-bond donors (Lipinski definition) is 1. The zero-order chi connectivity index (χ0) is 16.1. The van der Waals surface area contributed by atoms with Crippen LogP contribution in [0.25, 0.3) is 0 Å². The number of nitrogens with one attached hydrogen (secondary N) is 1. The lowest BCUT2D eigenvalue weighted by molar-refractivity contribution is 0.169. The third kappa shape index (κ3) is 4.02. The Morgan fingerprint density at radius 3 is 2.78 bits per heavy atom. The molecule has 4 nitrogen and oxygen atoms in total. The molecule has 3 rings (SSSR count). The molecule has 1 unspecified atom stereocenters. The lowest BCUT2D eigenvalue weighted by Gasteiger charge is -2.35. The SMILES string of the molecule is COc1ccc(Cl)cc1C(Cc1ccccn1)N1CCNCC1. The first kappa shape index (κ1) is 16.2. The van der Waals surface area contributed by atoms with Crippen LogP contribution in [0.3, 0.4) is 0 Å². The van der Waals surface area contributed by atoms with Gasteiger partial charge in [0.15, 0.2) is 0 Å². The fourth-order valence-electron chi connectivity index (χ4n) is 3.11. The highest BCUT2D eigenvalue weighted by Gasteiger charge is 2.25. The van der Waals surface area contributed by atoms with Crippen LogP contribution in [0.1, 0.15) is 17.3 Å². The number of piperazine rings is 1. The van der Waals surface area contributed by atoms with Crippen molar-refractivity contribution >= 4 is 11.6 Å². The van der Waals surface area contributed by atoms with Crippen molar-refractivity contribution < 1.29 is 4.74 Å². The van der Waals surface area contributed by atoms with Gasteiger partial charge >= 0.3 is 0 Å². The standard InChI is InChI=1S/C18H22ClN3O/c1-23-18-6-5-14(19)12-16(18)17(22-10-8-20-9-11-22)13-15-4-2-3-7-21-15/h2-7,12,17,20H,8-11,13H2,1H3. The molecule has 0 amide bonds. The van der Waals surface area contributed by atoms with Crippen LogP contribution in [0.4, 0.5) is 0 Å². The number of methoxy groups -OCH3 is 1. The highest BCUT2D eigenvalue weighted by Crippen LogP contribution is 2.34. The van der Waals surface area contributed by atoms with Crippen molar-refractivity contribution in [1.29, 1.82) is 0 Å². The quantitative estimate of drug-likeness (QED) is 0.914. The van der Waals surface area contributed by atoms with Gasteiger partial charge in [-0.15, -0.1) is 0 Å². The Labute approximate surface area is 142 Å². The van der Waals surface area contributed by atoms with E-state index in [0.717, 1.165) is 54.6 Å². The van der Waals surface area contributed by atoms with Gasteiger partial charge in [-0.05, 0) is 30.3 Å². The minimum Gasteiger partial charge on any atom is -0.496 e. The van der Waals surface area contributed by atoms with Gasteiger partial charge in [0.25, 0.3) is 0 Å². The molecule has 2 heterocycles. The molecule has 1 aliphatic rings. The third-order valence-electron chi connectivity index (χ3n) is 4.27. The average Bonchev–Trinajstić information content (AvgIpc) is 2.61. The van der Waals surface area contributed by atoms with Gasteiger partial charge in [-0.3, -0.25) is 9.88 Å². The van der Waals surface area contributed by atoms with Gasteiger partial charge in [-0.2, -0.15) is 0 Å². The van der Waals surface area contributed by atoms with Crippen LogP contribution in [0, 0.1) is 0 Å². The fraction of sp³-hybridized carbons (Fsp3) is 0.389. The Kier molecular flexibility index (Phi) is 5.49. The summed E-state index contributed by atoms with van der Waals surface area (Å²) in [6.45, 7) is 4.02. The van der Waals surface area contributed by atoms with Crippen molar-refractivity contribution in [2.24, 2.45) is 0 Å². The van der Waals surface area contributed by atoms with Crippen LogP contribution in [0.2, 0.25) is 5.02 Å². The maximum Gasteiger partial charge on any atom is 0.123 e. The molecule has 23 heavy (non-hydrogen) atoms. The zero-order valence-corrected chi connectivity index (χ0v) is 14.1. The normalized spacial score (nSPS) is 17.0. The second-order valence-electron chi connectivity index (χ2n) is 5.71. The molecule has 0 aliphatic carbocycles. The van der Waals surface area contributed by atoms with E-state index in [2.05, 4.69) is 21.3 Å². The van der Waals surface area contributed by atoms with Crippen LogP contribution in [0.5, 0.6) is 5.75 Å². The summed E-state index contributed by atoms with van der Waals surface area (Å²) >= 11 is 6.26. The van der Waals surface area contributed by atoms with Crippen LogP contribution in [-0.4, -0.2) is 43.2 Å². The smallest absolute Gasteiger partial charge is 0.123 e.